The van der Waals surface area contributed by atoms with E-state index < -0.39 is 5.76 Å². The standard InChI is InChI=1S/C16H13ClN2O4/c1-22-13-7-6-10(8-11(13)17)18-15(20)9-19-12-4-2-3-5-14(12)23-16(19)21/h2-8H,9H2,1H3,(H,18,20). The van der Waals surface area contributed by atoms with Crippen molar-refractivity contribution in [2.45, 2.75) is 6.54 Å². The minimum atomic E-state index is -0.575. The van der Waals surface area contributed by atoms with E-state index in [0.717, 1.165) is 0 Å². The van der Waals surface area contributed by atoms with Gasteiger partial charge in [-0.3, -0.25) is 9.36 Å². The Morgan fingerprint density at radius 1 is 1.30 bits per heavy atom. The Morgan fingerprint density at radius 3 is 2.83 bits per heavy atom. The van der Waals surface area contributed by atoms with Gasteiger partial charge in [0.2, 0.25) is 5.91 Å². The van der Waals surface area contributed by atoms with Gasteiger partial charge in [0.05, 0.1) is 17.6 Å². The van der Waals surface area contributed by atoms with Gasteiger partial charge in [-0.2, -0.15) is 0 Å². The largest absolute Gasteiger partial charge is 0.495 e. The SMILES string of the molecule is COc1ccc(NC(=O)Cn2c(=O)oc3ccccc32)cc1Cl. The predicted octanol–water partition coefficient (Wildman–Crippen LogP) is 2.90. The number of oxazole rings is 1. The van der Waals surface area contributed by atoms with E-state index in [9.17, 15) is 9.59 Å². The highest BCUT2D eigenvalue weighted by atomic mass is 35.5. The average Bonchev–Trinajstić information content (AvgIpc) is 2.83. The molecule has 0 atom stereocenters. The zero-order chi connectivity index (χ0) is 16.4. The second-order valence-electron chi connectivity index (χ2n) is 4.82. The zero-order valence-electron chi connectivity index (χ0n) is 12.2. The van der Waals surface area contributed by atoms with Crippen molar-refractivity contribution in [3.05, 3.63) is 58.0 Å². The molecule has 0 saturated heterocycles. The van der Waals surface area contributed by atoms with Crippen LogP contribution in [0.4, 0.5) is 5.69 Å². The monoisotopic (exact) mass is 332 g/mol. The van der Waals surface area contributed by atoms with E-state index in [1.54, 1.807) is 42.5 Å². The van der Waals surface area contributed by atoms with Gasteiger partial charge in [-0.15, -0.1) is 0 Å². The number of ether oxygens (including phenoxy) is 1. The summed E-state index contributed by atoms with van der Waals surface area (Å²) in [5.41, 5.74) is 1.53. The van der Waals surface area contributed by atoms with Crippen LogP contribution in [0.1, 0.15) is 0 Å². The van der Waals surface area contributed by atoms with Crippen molar-refractivity contribution in [1.82, 2.24) is 4.57 Å². The maximum Gasteiger partial charge on any atom is 0.420 e. The number of benzene rings is 2. The van der Waals surface area contributed by atoms with Crippen LogP contribution in [0.15, 0.2) is 51.7 Å². The number of nitrogens with zero attached hydrogens (tertiary/aromatic N) is 1. The van der Waals surface area contributed by atoms with E-state index in [1.165, 1.54) is 11.7 Å². The molecular weight excluding hydrogens is 320 g/mol. The Balaban J connectivity index is 1.80. The van der Waals surface area contributed by atoms with Crippen molar-refractivity contribution >= 4 is 34.3 Å². The summed E-state index contributed by atoms with van der Waals surface area (Å²) in [4.78, 5) is 24.0. The molecule has 0 spiro atoms. The van der Waals surface area contributed by atoms with Crippen LogP contribution in [0.3, 0.4) is 0 Å². The molecule has 1 heterocycles. The van der Waals surface area contributed by atoms with Crippen molar-refractivity contribution in [2.75, 3.05) is 12.4 Å². The normalized spacial score (nSPS) is 10.7. The van der Waals surface area contributed by atoms with Crippen LogP contribution in [-0.4, -0.2) is 17.6 Å². The van der Waals surface area contributed by atoms with E-state index in [0.29, 0.717) is 27.6 Å². The number of carbonyl (C=O) groups is 1. The van der Waals surface area contributed by atoms with Crippen LogP contribution >= 0.6 is 11.6 Å². The quantitative estimate of drug-likeness (QED) is 0.797. The van der Waals surface area contributed by atoms with Crippen LogP contribution in [-0.2, 0) is 11.3 Å². The first-order valence-electron chi connectivity index (χ1n) is 6.80. The number of amides is 1. The molecule has 6 nitrogen and oxygen atoms in total. The minimum absolute atomic E-state index is 0.153. The maximum atomic E-state index is 12.2. The number of halogens is 1. The number of aromatic nitrogens is 1. The third-order valence-corrected chi connectivity index (χ3v) is 3.61. The number of methoxy groups -OCH3 is 1. The van der Waals surface area contributed by atoms with Gasteiger partial charge in [-0.25, -0.2) is 4.79 Å². The average molecular weight is 333 g/mol. The van der Waals surface area contributed by atoms with Crippen LogP contribution in [0.25, 0.3) is 11.1 Å². The molecule has 2 aromatic carbocycles. The number of hydrogen-bond acceptors (Lipinski definition) is 4. The Kier molecular flexibility index (Phi) is 4.08. The van der Waals surface area contributed by atoms with Gasteiger partial charge in [0.25, 0.3) is 0 Å². The van der Waals surface area contributed by atoms with E-state index in [4.69, 9.17) is 20.8 Å². The summed E-state index contributed by atoms with van der Waals surface area (Å²) in [5.74, 6) is -0.421. The molecule has 118 valence electrons. The summed E-state index contributed by atoms with van der Waals surface area (Å²) in [6, 6.07) is 11.8. The molecule has 0 aliphatic heterocycles. The topological polar surface area (TPSA) is 73.5 Å². The molecule has 0 fully saturated rings. The third-order valence-electron chi connectivity index (χ3n) is 3.31. The van der Waals surface area contributed by atoms with Crippen LogP contribution < -0.4 is 15.8 Å². The van der Waals surface area contributed by atoms with Crippen molar-refractivity contribution in [3.63, 3.8) is 0 Å². The smallest absolute Gasteiger partial charge is 0.420 e. The lowest BCUT2D eigenvalue weighted by Crippen LogP contribution is -2.24. The van der Waals surface area contributed by atoms with Gasteiger partial charge < -0.3 is 14.5 Å². The maximum absolute atomic E-state index is 12.2. The van der Waals surface area contributed by atoms with E-state index in [2.05, 4.69) is 5.32 Å². The summed E-state index contributed by atoms with van der Waals surface area (Å²) in [7, 11) is 1.51. The highest BCUT2D eigenvalue weighted by Gasteiger charge is 2.13. The molecule has 1 aromatic heterocycles. The lowest BCUT2D eigenvalue weighted by atomic mass is 10.3. The number of rotatable bonds is 4. The first-order chi connectivity index (χ1) is 11.1. The van der Waals surface area contributed by atoms with Crippen LogP contribution in [0, 0.1) is 0 Å². The molecule has 0 bridgehead atoms. The van der Waals surface area contributed by atoms with Crippen molar-refractivity contribution in [3.8, 4) is 5.75 Å². The molecule has 23 heavy (non-hydrogen) atoms. The third kappa shape index (κ3) is 3.07. The minimum Gasteiger partial charge on any atom is -0.495 e. The molecule has 0 aliphatic rings. The molecule has 3 aromatic rings. The van der Waals surface area contributed by atoms with Crippen LogP contribution in [0.5, 0.6) is 5.75 Å². The number of para-hydroxylation sites is 2. The Labute approximate surface area is 136 Å². The zero-order valence-corrected chi connectivity index (χ0v) is 13.0. The fourth-order valence-electron chi connectivity index (χ4n) is 2.25. The number of carbonyl (C=O) groups excluding carboxylic acids is 1. The molecule has 1 amide bonds. The fraction of sp³-hybridized carbons (Fsp3) is 0.125. The first kappa shape index (κ1) is 15.2. The number of anilines is 1. The highest BCUT2D eigenvalue weighted by molar-refractivity contribution is 6.32. The summed E-state index contributed by atoms with van der Waals surface area (Å²) in [5, 5.41) is 3.07. The van der Waals surface area contributed by atoms with Gasteiger partial charge in [-0.05, 0) is 30.3 Å². The molecule has 0 radical (unpaired) electrons. The van der Waals surface area contributed by atoms with Gasteiger partial charge >= 0.3 is 5.76 Å². The summed E-state index contributed by atoms with van der Waals surface area (Å²) in [6.07, 6.45) is 0. The second kappa shape index (κ2) is 6.18. The molecule has 3 rings (SSSR count). The molecule has 1 N–H and O–H groups in total. The van der Waals surface area contributed by atoms with Gasteiger partial charge in [0, 0.05) is 5.69 Å². The Morgan fingerprint density at radius 2 is 2.09 bits per heavy atom. The lowest BCUT2D eigenvalue weighted by Gasteiger charge is -2.08. The molecular formula is C16H13ClN2O4. The summed E-state index contributed by atoms with van der Waals surface area (Å²) < 4.78 is 11.4. The number of fused-ring (bicyclic) bond motifs is 1. The first-order valence-corrected chi connectivity index (χ1v) is 7.18. The second-order valence-corrected chi connectivity index (χ2v) is 5.23. The van der Waals surface area contributed by atoms with Crippen LogP contribution in [0.2, 0.25) is 5.02 Å². The lowest BCUT2D eigenvalue weighted by molar-refractivity contribution is -0.116. The number of hydrogen-bond donors (Lipinski definition) is 1. The summed E-state index contributed by atoms with van der Waals surface area (Å²) in [6.45, 7) is -0.153. The fourth-order valence-corrected chi connectivity index (χ4v) is 2.51. The van der Waals surface area contributed by atoms with Gasteiger partial charge in [-0.1, -0.05) is 23.7 Å². The van der Waals surface area contributed by atoms with E-state index in [1.807, 2.05) is 0 Å². The van der Waals surface area contributed by atoms with E-state index >= 15 is 0 Å². The highest BCUT2D eigenvalue weighted by Crippen LogP contribution is 2.27. The molecule has 0 saturated carbocycles. The summed E-state index contributed by atoms with van der Waals surface area (Å²) >= 11 is 6.01. The molecule has 0 unspecified atom stereocenters. The molecule has 7 heteroatoms. The van der Waals surface area contributed by atoms with Gasteiger partial charge in [0.1, 0.15) is 12.3 Å². The van der Waals surface area contributed by atoms with Crippen molar-refractivity contribution in [2.24, 2.45) is 0 Å². The Bertz CT molecular complexity index is 929. The number of nitrogens with one attached hydrogen (secondary N) is 1. The van der Waals surface area contributed by atoms with Gasteiger partial charge in [0.15, 0.2) is 5.58 Å². The van der Waals surface area contributed by atoms with E-state index in [-0.39, 0.29) is 12.5 Å². The predicted molar refractivity (Wildman–Crippen MR) is 87.1 cm³/mol. The molecule has 0 aliphatic carbocycles. The van der Waals surface area contributed by atoms with Crippen molar-refractivity contribution in [1.29, 1.82) is 0 Å². The Hall–Kier alpha value is -2.73. The van der Waals surface area contributed by atoms with Crippen molar-refractivity contribution < 1.29 is 13.9 Å².